The normalized spacial score (nSPS) is 13.0. The summed E-state index contributed by atoms with van der Waals surface area (Å²) in [6.45, 7) is 14.2. The van der Waals surface area contributed by atoms with E-state index in [1.54, 1.807) is 0 Å². The van der Waals surface area contributed by atoms with Crippen molar-refractivity contribution < 1.29 is 0 Å². The standard InChI is InChI=1S/C81H57N5/c1-80(2,3)50-41-62-61-39-47-22-13-15-27-54(47)71(49-34-36-69-60(40-49)57-30-18-20-32-67(57)84(69)53-25-11-8-12-26-53)78(61)86-75(62)65(44-50)74-73-64-43-51(81(4,5)6)42-63-72-55-28-16-14-21-46(55)37-58(77(72)85(76(63)64)70(73)45-82-79(74)86)48-33-35-68-59(38-48)56-29-17-19-31-66(56)83(68)52-23-9-7-10-24-52/h7-45H,1-6H3. The predicted molar refractivity (Wildman–Crippen MR) is 366 cm³/mol. The van der Waals surface area contributed by atoms with E-state index in [1.165, 1.54) is 164 Å². The number of nitrogens with zero attached hydrogens (tertiary/aromatic N) is 5. The first-order chi connectivity index (χ1) is 42.0. The zero-order chi connectivity index (χ0) is 57.2. The van der Waals surface area contributed by atoms with Crippen molar-refractivity contribution in [2.24, 2.45) is 0 Å². The van der Waals surface area contributed by atoms with Gasteiger partial charge in [0.1, 0.15) is 5.65 Å². The van der Waals surface area contributed by atoms with E-state index in [0.717, 1.165) is 22.5 Å². The minimum absolute atomic E-state index is 0.143. The quantitative estimate of drug-likeness (QED) is 0.173. The minimum Gasteiger partial charge on any atom is -0.309 e. The Morgan fingerprint density at radius 1 is 0.302 bits per heavy atom. The van der Waals surface area contributed by atoms with Gasteiger partial charge in [0.15, 0.2) is 0 Å². The Balaban J connectivity index is 0.970. The highest BCUT2D eigenvalue weighted by Crippen LogP contribution is 2.53. The zero-order valence-electron chi connectivity index (χ0n) is 48.8. The molecule has 19 rings (SSSR count). The second kappa shape index (κ2) is 16.6. The lowest BCUT2D eigenvalue weighted by Crippen LogP contribution is -2.10. The average Bonchev–Trinajstić information content (AvgIpc) is 1.72. The average molecular weight is 1100 g/mol. The lowest BCUT2D eigenvalue weighted by atomic mass is 9.84. The first kappa shape index (κ1) is 47.9. The van der Waals surface area contributed by atoms with Gasteiger partial charge in [-0.15, -0.1) is 0 Å². The van der Waals surface area contributed by atoms with Gasteiger partial charge in [-0.3, -0.25) is 4.40 Å². The molecule has 7 heterocycles. The summed E-state index contributed by atoms with van der Waals surface area (Å²) in [5, 5.41) is 19.9. The topological polar surface area (TPSA) is 31.6 Å². The summed E-state index contributed by atoms with van der Waals surface area (Å²) in [4.78, 5) is 5.86. The van der Waals surface area contributed by atoms with Crippen LogP contribution < -0.4 is 0 Å². The van der Waals surface area contributed by atoms with Crippen molar-refractivity contribution >= 4 is 141 Å². The van der Waals surface area contributed by atoms with E-state index in [9.17, 15) is 0 Å². The van der Waals surface area contributed by atoms with Crippen LogP contribution in [-0.4, -0.2) is 22.9 Å². The molecule has 19 aromatic rings. The second-order valence-electron chi connectivity index (χ2n) is 26.3. The van der Waals surface area contributed by atoms with Gasteiger partial charge in [-0.25, -0.2) is 4.98 Å². The van der Waals surface area contributed by atoms with Gasteiger partial charge in [-0.1, -0.05) is 175 Å². The van der Waals surface area contributed by atoms with Gasteiger partial charge in [0.05, 0.1) is 55.8 Å². The molecule has 0 saturated carbocycles. The van der Waals surface area contributed by atoms with E-state index in [2.05, 4.69) is 296 Å². The molecule has 86 heavy (non-hydrogen) atoms. The third kappa shape index (κ3) is 6.26. The maximum absolute atomic E-state index is 5.86. The molecule has 0 unspecified atom stereocenters. The molecule has 0 aliphatic heterocycles. The molecule has 12 aromatic carbocycles. The zero-order valence-corrected chi connectivity index (χ0v) is 48.8. The molecule has 0 spiro atoms. The number of fused-ring (bicyclic) bond motifs is 22. The Morgan fingerprint density at radius 2 is 0.767 bits per heavy atom. The Kier molecular flexibility index (Phi) is 9.28. The maximum atomic E-state index is 5.86. The van der Waals surface area contributed by atoms with Crippen LogP contribution in [-0.2, 0) is 10.8 Å². The largest absolute Gasteiger partial charge is 0.309 e. The van der Waals surface area contributed by atoms with E-state index in [0.29, 0.717) is 0 Å². The van der Waals surface area contributed by atoms with E-state index in [-0.39, 0.29) is 10.8 Å². The number of hydrogen-bond donors (Lipinski definition) is 0. The molecule has 7 aromatic heterocycles. The van der Waals surface area contributed by atoms with Crippen LogP contribution >= 0.6 is 0 Å². The number of benzene rings is 12. The van der Waals surface area contributed by atoms with Crippen LogP contribution in [0.15, 0.2) is 237 Å². The fraction of sp³-hybridized carbons (Fsp3) is 0.0988. The van der Waals surface area contributed by atoms with Crippen LogP contribution in [0.4, 0.5) is 0 Å². The Bertz CT molecular complexity index is 6100. The van der Waals surface area contributed by atoms with Crippen LogP contribution in [0.5, 0.6) is 0 Å². The molecule has 0 N–H and O–H groups in total. The number of rotatable bonds is 4. The van der Waals surface area contributed by atoms with Crippen LogP contribution in [0.25, 0.3) is 175 Å². The van der Waals surface area contributed by atoms with Gasteiger partial charge in [-0.05, 0) is 152 Å². The summed E-state index contributed by atoms with van der Waals surface area (Å²) < 4.78 is 10.0. The summed E-state index contributed by atoms with van der Waals surface area (Å²) >= 11 is 0. The van der Waals surface area contributed by atoms with Gasteiger partial charge in [-0.2, -0.15) is 0 Å². The molecule has 0 aliphatic rings. The van der Waals surface area contributed by atoms with Crippen molar-refractivity contribution in [1.29, 1.82) is 0 Å². The summed E-state index contributed by atoms with van der Waals surface area (Å²) in [5.74, 6) is 0. The van der Waals surface area contributed by atoms with Gasteiger partial charge in [0.2, 0.25) is 0 Å². The highest BCUT2D eigenvalue weighted by Gasteiger charge is 2.32. The van der Waals surface area contributed by atoms with Crippen molar-refractivity contribution in [3.63, 3.8) is 0 Å². The lowest BCUT2D eigenvalue weighted by Gasteiger charge is -2.20. The molecular weight excluding hydrogens is 1040 g/mol. The number of aromatic nitrogens is 5. The van der Waals surface area contributed by atoms with E-state index < -0.39 is 0 Å². The first-order valence-electron chi connectivity index (χ1n) is 30.3. The van der Waals surface area contributed by atoms with Gasteiger partial charge in [0, 0.05) is 87.1 Å². The molecule has 0 bridgehead atoms. The van der Waals surface area contributed by atoms with E-state index in [1.807, 2.05) is 0 Å². The van der Waals surface area contributed by atoms with Gasteiger partial charge < -0.3 is 13.5 Å². The second-order valence-corrected chi connectivity index (χ2v) is 26.3. The molecule has 0 aliphatic carbocycles. The number of pyridine rings is 1. The number of hydrogen-bond acceptors (Lipinski definition) is 1. The summed E-state index contributed by atoms with van der Waals surface area (Å²) in [6, 6.07) is 86.7. The Morgan fingerprint density at radius 3 is 1.38 bits per heavy atom. The van der Waals surface area contributed by atoms with Crippen molar-refractivity contribution in [2.45, 2.75) is 52.4 Å². The predicted octanol–water partition coefficient (Wildman–Crippen LogP) is 21.8. The Labute approximate surface area is 495 Å². The molecule has 0 fully saturated rings. The molecule has 0 radical (unpaired) electrons. The summed E-state index contributed by atoms with van der Waals surface area (Å²) in [6.07, 6.45) is 2.22. The highest BCUT2D eigenvalue weighted by atomic mass is 15.0. The van der Waals surface area contributed by atoms with Crippen LogP contribution in [0.3, 0.4) is 0 Å². The van der Waals surface area contributed by atoms with Gasteiger partial charge >= 0.3 is 0 Å². The Hall–Kier alpha value is -10.5. The third-order valence-electron chi connectivity index (χ3n) is 19.5. The molecule has 0 saturated heterocycles. The van der Waals surface area contributed by atoms with Gasteiger partial charge in [0.25, 0.3) is 0 Å². The maximum Gasteiger partial charge on any atom is 0.146 e. The molecule has 5 nitrogen and oxygen atoms in total. The van der Waals surface area contributed by atoms with Crippen LogP contribution in [0, 0.1) is 0 Å². The number of para-hydroxylation sites is 4. The third-order valence-corrected chi connectivity index (χ3v) is 19.5. The first-order valence-corrected chi connectivity index (χ1v) is 30.3. The van der Waals surface area contributed by atoms with Crippen LogP contribution in [0.2, 0.25) is 0 Å². The SMILES string of the molecule is CC(C)(C)c1cc2c3c4c5cc(C(C)(C)C)cc6c7cc8ccccc8c(-c8ccc9c(c8)c8ccccc8n9-c8ccccc8)c7n(c4ncc3n3c4c(-c7ccc8c(c7)c7ccccc7n8-c7ccccc7)cc7ccccc7c4c(c1)c23)c65. The fourth-order valence-corrected chi connectivity index (χ4v) is 15.5. The lowest BCUT2D eigenvalue weighted by molar-refractivity contribution is 0.591. The highest BCUT2D eigenvalue weighted by molar-refractivity contribution is 6.38. The van der Waals surface area contributed by atoms with Crippen molar-refractivity contribution in [2.75, 3.05) is 0 Å². The fourth-order valence-electron chi connectivity index (χ4n) is 15.5. The minimum atomic E-state index is -0.144. The molecule has 0 amide bonds. The van der Waals surface area contributed by atoms with Crippen molar-refractivity contribution in [1.82, 2.24) is 22.9 Å². The summed E-state index contributed by atoms with van der Waals surface area (Å²) in [5.41, 5.74) is 21.2. The van der Waals surface area contributed by atoms with Crippen LogP contribution in [0.1, 0.15) is 52.7 Å². The molecule has 5 heteroatoms. The van der Waals surface area contributed by atoms with Crippen molar-refractivity contribution in [3.05, 3.63) is 248 Å². The van der Waals surface area contributed by atoms with E-state index >= 15 is 0 Å². The van der Waals surface area contributed by atoms with Crippen molar-refractivity contribution in [3.8, 4) is 33.6 Å². The van der Waals surface area contributed by atoms with E-state index in [4.69, 9.17) is 4.98 Å². The molecular formula is C81H57N5. The summed E-state index contributed by atoms with van der Waals surface area (Å²) in [7, 11) is 0. The molecule has 406 valence electrons. The monoisotopic (exact) mass is 1100 g/mol. The smallest absolute Gasteiger partial charge is 0.146 e. The molecule has 0 atom stereocenters.